The normalized spacial score (nSPS) is 11.4. The lowest BCUT2D eigenvalue weighted by Gasteiger charge is -2.03. The van der Waals surface area contributed by atoms with Crippen LogP contribution in [0.3, 0.4) is 0 Å². The molecular weight excluding hydrogens is 271 g/mol. The standard InChI is InChI=1S/C12H10Cl2N4/c1-8(9-2-4-10(13)5-3-9)17-18-12-6-11(14)15-7-16-12/h2-7H,1H3,(H,15,16,18). The van der Waals surface area contributed by atoms with Gasteiger partial charge in [0.2, 0.25) is 0 Å². The number of rotatable bonds is 3. The number of benzene rings is 1. The molecule has 18 heavy (non-hydrogen) atoms. The van der Waals surface area contributed by atoms with Gasteiger partial charge in [-0.1, -0.05) is 35.3 Å². The molecule has 2 aromatic rings. The van der Waals surface area contributed by atoms with E-state index in [0.717, 1.165) is 11.3 Å². The molecule has 0 amide bonds. The highest BCUT2D eigenvalue weighted by molar-refractivity contribution is 6.30. The number of hydrazone groups is 1. The highest BCUT2D eigenvalue weighted by Crippen LogP contribution is 2.11. The van der Waals surface area contributed by atoms with Gasteiger partial charge in [0.25, 0.3) is 0 Å². The molecule has 1 heterocycles. The minimum Gasteiger partial charge on any atom is -0.261 e. The number of nitrogens with zero attached hydrogens (tertiary/aromatic N) is 3. The fraction of sp³-hybridized carbons (Fsp3) is 0.0833. The molecule has 0 spiro atoms. The number of hydrogen-bond acceptors (Lipinski definition) is 4. The molecule has 1 N–H and O–H groups in total. The second-order valence-electron chi connectivity index (χ2n) is 3.54. The zero-order chi connectivity index (χ0) is 13.0. The maximum atomic E-state index is 5.82. The molecule has 0 aliphatic heterocycles. The summed E-state index contributed by atoms with van der Waals surface area (Å²) >= 11 is 11.6. The summed E-state index contributed by atoms with van der Waals surface area (Å²) in [7, 11) is 0. The van der Waals surface area contributed by atoms with Crippen molar-refractivity contribution in [2.24, 2.45) is 5.10 Å². The molecule has 92 valence electrons. The predicted octanol–water partition coefficient (Wildman–Crippen LogP) is 3.62. The van der Waals surface area contributed by atoms with Crippen LogP contribution in [0.2, 0.25) is 10.2 Å². The predicted molar refractivity (Wildman–Crippen MR) is 74.3 cm³/mol. The molecule has 1 aromatic carbocycles. The first kappa shape index (κ1) is 12.8. The van der Waals surface area contributed by atoms with Crippen LogP contribution in [0.25, 0.3) is 0 Å². The Balaban J connectivity index is 2.11. The van der Waals surface area contributed by atoms with E-state index in [4.69, 9.17) is 23.2 Å². The van der Waals surface area contributed by atoms with E-state index in [0.29, 0.717) is 16.0 Å². The smallest absolute Gasteiger partial charge is 0.151 e. The molecule has 2 rings (SSSR count). The summed E-state index contributed by atoms with van der Waals surface area (Å²) in [4.78, 5) is 7.77. The van der Waals surface area contributed by atoms with Crippen LogP contribution in [0.5, 0.6) is 0 Å². The van der Waals surface area contributed by atoms with Crippen molar-refractivity contribution in [3.63, 3.8) is 0 Å². The topological polar surface area (TPSA) is 50.2 Å². The van der Waals surface area contributed by atoms with Crippen molar-refractivity contribution in [2.75, 3.05) is 5.43 Å². The SMILES string of the molecule is CC(=NNc1cc(Cl)ncn1)c1ccc(Cl)cc1. The van der Waals surface area contributed by atoms with E-state index in [1.807, 2.05) is 31.2 Å². The van der Waals surface area contributed by atoms with Gasteiger partial charge in [0.05, 0.1) is 5.71 Å². The fourth-order valence-corrected chi connectivity index (χ4v) is 1.56. The Hall–Kier alpha value is -1.65. The third-order valence-corrected chi connectivity index (χ3v) is 2.69. The Morgan fingerprint density at radius 3 is 2.56 bits per heavy atom. The van der Waals surface area contributed by atoms with Crippen LogP contribution in [0, 0.1) is 0 Å². The minimum absolute atomic E-state index is 0.367. The number of hydrogen-bond donors (Lipinski definition) is 1. The highest BCUT2D eigenvalue weighted by atomic mass is 35.5. The summed E-state index contributed by atoms with van der Waals surface area (Å²) in [6, 6.07) is 9.03. The van der Waals surface area contributed by atoms with Crippen molar-refractivity contribution in [3.05, 3.63) is 52.4 Å². The first-order chi connectivity index (χ1) is 8.65. The van der Waals surface area contributed by atoms with Crippen molar-refractivity contribution in [3.8, 4) is 0 Å². The molecule has 0 bridgehead atoms. The number of aromatic nitrogens is 2. The van der Waals surface area contributed by atoms with Crippen LogP contribution in [0.1, 0.15) is 12.5 Å². The Bertz CT molecular complexity index is 567. The van der Waals surface area contributed by atoms with E-state index < -0.39 is 0 Å². The molecule has 0 aliphatic rings. The largest absolute Gasteiger partial charge is 0.261 e. The second kappa shape index (κ2) is 5.80. The lowest BCUT2D eigenvalue weighted by Crippen LogP contribution is -2.00. The summed E-state index contributed by atoms with van der Waals surface area (Å²) < 4.78 is 0. The average molecular weight is 281 g/mol. The molecule has 0 atom stereocenters. The van der Waals surface area contributed by atoms with Gasteiger partial charge in [0.15, 0.2) is 5.82 Å². The van der Waals surface area contributed by atoms with E-state index in [2.05, 4.69) is 20.5 Å². The Morgan fingerprint density at radius 1 is 1.17 bits per heavy atom. The maximum Gasteiger partial charge on any atom is 0.151 e. The molecular formula is C12H10Cl2N4. The second-order valence-corrected chi connectivity index (χ2v) is 4.37. The molecule has 0 fully saturated rings. The van der Waals surface area contributed by atoms with Gasteiger partial charge >= 0.3 is 0 Å². The van der Waals surface area contributed by atoms with Crippen molar-refractivity contribution in [2.45, 2.75) is 6.92 Å². The van der Waals surface area contributed by atoms with Crippen LogP contribution in [0.4, 0.5) is 5.82 Å². The molecule has 1 aromatic heterocycles. The molecule has 0 aliphatic carbocycles. The van der Waals surface area contributed by atoms with Crippen molar-refractivity contribution in [1.29, 1.82) is 0 Å². The lowest BCUT2D eigenvalue weighted by atomic mass is 10.1. The number of anilines is 1. The molecule has 0 saturated carbocycles. The van der Waals surface area contributed by atoms with Crippen LogP contribution in [-0.4, -0.2) is 15.7 Å². The molecule has 0 radical (unpaired) electrons. The maximum absolute atomic E-state index is 5.82. The summed E-state index contributed by atoms with van der Waals surface area (Å²) in [5, 5.41) is 5.27. The van der Waals surface area contributed by atoms with Crippen LogP contribution >= 0.6 is 23.2 Å². The van der Waals surface area contributed by atoms with E-state index in [1.54, 1.807) is 6.07 Å². The van der Waals surface area contributed by atoms with Gasteiger partial charge in [0, 0.05) is 11.1 Å². The molecule has 6 heteroatoms. The van der Waals surface area contributed by atoms with Gasteiger partial charge in [-0.3, -0.25) is 5.43 Å². The van der Waals surface area contributed by atoms with Gasteiger partial charge in [-0.2, -0.15) is 5.10 Å². The molecule has 4 nitrogen and oxygen atoms in total. The van der Waals surface area contributed by atoms with Gasteiger partial charge in [-0.05, 0) is 24.6 Å². The monoisotopic (exact) mass is 280 g/mol. The summed E-state index contributed by atoms with van der Waals surface area (Å²) in [5.74, 6) is 0.545. The van der Waals surface area contributed by atoms with E-state index >= 15 is 0 Å². The van der Waals surface area contributed by atoms with Crippen LogP contribution in [0.15, 0.2) is 41.8 Å². The quantitative estimate of drug-likeness (QED) is 0.531. The summed E-state index contributed by atoms with van der Waals surface area (Å²) in [6.45, 7) is 1.89. The number of nitrogens with one attached hydrogen (secondary N) is 1. The van der Waals surface area contributed by atoms with Crippen molar-refractivity contribution in [1.82, 2.24) is 9.97 Å². The third kappa shape index (κ3) is 3.42. The lowest BCUT2D eigenvalue weighted by molar-refractivity contribution is 1.14. The minimum atomic E-state index is 0.367. The zero-order valence-electron chi connectivity index (χ0n) is 9.56. The summed E-state index contributed by atoms with van der Waals surface area (Å²) in [5.41, 5.74) is 4.62. The third-order valence-electron chi connectivity index (χ3n) is 2.23. The first-order valence-electron chi connectivity index (χ1n) is 5.19. The average Bonchev–Trinajstić information content (AvgIpc) is 2.37. The van der Waals surface area contributed by atoms with Crippen LogP contribution in [-0.2, 0) is 0 Å². The summed E-state index contributed by atoms with van der Waals surface area (Å²) in [6.07, 6.45) is 1.37. The molecule has 0 unspecified atom stereocenters. The van der Waals surface area contributed by atoms with Gasteiger partial charge in [0.1, 0.15) is 11.5 Å². The number of halogens is 2. The highest BCUT2D eigenvalue weighted by Gasteiger charge is 1.98. The van der Waals surface area contributed by atoms with E-state index in [1.165, 1.54) is 6.33 Å². The fourth-order valence-electron chi connectivity index (χ4n) is 1.29. The van der Waals surface area contributed by atoms with E-state index in [9.17, 15) is 0 Å². The van der Waals surface area contributed by atoms with Gasteiger partial charge in [-0.15, -0.1) is 0 Å². The van der Waals surface area contributed by atoms with Crippen LogP contribution < -0.4 is 5.43 Å². The zero-order valence-corrected chi connectivity index (χ0v) is 11.1. The van der Waals surface area contributed by atoms with Crippen molar-refractivity contribution >= 4 is 34.7 Å². The first-order valence-corrected chi connectivity index (χ1v) is 5.94. The van der Waals surface area contributed by atoms with Gasteiger partial charge in [-0.25, -0.2) is 9.97 Å². The van der Waals surface area contributed by atoms with E-state index in [-0.39, 0.29) is 0 Å². The Labute approximate surface area is 115 Å². The van der Waals surface area contributed by atoms with Gasteiger partial charge < -0.3 is 0 Å². The Kier molecular flexibility index (Phi) is 4.12. The van der Waals surface area contributed by atoms with Crippen molar-refractivity contribution < 1.29 is 0 Å². The molecule has 0 saturated heterocycles. The Morgan fingerprint density at radius 2 is 1.89 bits per heavy atom.